The van der Waals surface area contributed by atoms with Crippen LogP contribution in [0.5, 0.6) is 0 Å². The first-order chi connectivity index (χ1) is 4.33. The second-order valence-corrected chi connectivity index (χ2v) is 1.93. The number of carbonyl (C=O) groups is 1. The molecule has 0 saturated carbocycles. The van der Waals surface area contributed by atoms with Crippen molar-refractivity contribution in [2.75, 3.05) is 0 Å². The van der Waals surface area contributed by atoms with Gasteiger partial charge in [0.2, 0.25) is 0 Å². The number of nitrogens with zero attached hydrogens (tertiary/aromatic N) is 1. The highest BCUT2D eigenvalue weighted by Gasteiger charge is 1.96. The third kappa shape index (κ3) is 1.61. The van der Waals surface area contributed by atoms with Gasteiger partial charge in [0, 0.05) is 0 Å². The average molecular weight is 186 g/mol. The van der Waals surface area contributed by atoms with Crippen LogP contribution in [-0.2, 0) is 4.79 Å². The topological polar surface area (TPSA) is 29.4 Å². The summed E-state index contributed by atoms with van der Waals surface area (Å²) in [5.41, 5.74) is 0.759. The standard InChI is InChI=1S/C6H4BrNO/c7-8-5-1-3-6(9)4-2-5/h1-4H. The van der Waals surface area contributed by atoms with Gasteiger partial charge in [-0.15, -0.1) is 0 Å². The highest BCUT2D eigenvalue weighted by atomic mass is 79.9. The van der Waals surface area contributed by atoms with Gasteiger partial charge in [-0.05, 0) is 24.3 Å². The summed E-state index contributed by atoms with van der Waals surface area (Å²) in [6.45, 7) is 0. The van der Waals surface area contributed by atoms with E-state index in [1.54, 1.807) is 12.2 Å². The summed E-state index contributed by atoms with van der Waals surface area (Å²) < 4.78 is 3.69. The van der Waals surface area contributed by atoms with Crippen molar-refractivity contribution in [2.45, 2.75) is 0 Å². The van der Waals surface area contributed by atoms with Crippen LogP contribution in [0.25, 0.3) is 0 Å². The van der Waals surface area contributed by atoms with Gasteiger partial charge in [0.25, 0.3) is 0 Å². The van der Waals surface area contributed by atoms with Crippen LogP contribution in [0.15, 0.2) is 28.3 Å². The molecule has 1 rings (SSSR count). The Morgan fingerprint density at radius 1 is 1.22 bits per heavy atom. The lowest BCUT2D eigenvalue weighted by molar-refractivity contribution is -0.110. The van der Waals surface area contributed by atoms with E-state index in [1.165, 1.54) is 12.2 Å². The van der Waals surface area contributed by atoms with Crippen LogP contribution >= 0.6 is 16.1 Å². The molecule has 0 atom stereocenters. The fourth-order valence-corrected chi connectivity index (χ4v) is 0.739. The van der Waals surface area contributed by atoms with Crippen molar-refractivity contribution in [2.24, 2.45) is 4.02 Å². The lowest BCUT2D eigenvalue weighted by Crippen LogP contribution is -1.97. The molecule has 0 amide bonds. The molecule has 0 spiro atoms. The molecule has 2 nitrogen and oxygen atoms in total. The van der Waals surface area contributed by atoms with Crippen molar-refractivity contribution >= 4 is 27.6 Å². The van der Waals surface area contributed by atoms with E-state index in [0.29, 0.717) is 0 Å². The zero-order valence-corrected chi connectivity index (χ0v) is 6.13. The number of carbonyl (C=O) groups excluding carboxylic acids is 1. The van der Waals surface area contributed by atoms with Crippen LogP contribution in [0.1, 0.15) is 0 Å². The summed E-state index contributed by atoms with van der Waals surface area (Å²) in [6, 6.07) is 0. The highest BCUT2D eigenvalue weighted by Crippen LogP contribution is 1.97. The molecular weight excluding hydrogens is 182 g/mol. The van der Waals surface area contributed by atoms with Crippen LogP contribution in [0, 0.1) is 0 Å². The molecule has 0 aromatic rings. The lowest BCUT2D eigenvalue weighted by Gasteiger charge is -1.92. The maximum Gasteiger partial charge on any atom is 0.178 e. The molecule has 3 heteroatoms. The normalized spacial score (nSPS) is 16.6. The van der Waals surface area contributed by atoms with Gasteiger partial charge in [-0.2, -0.15) is 0 Å². The maximum atomic E-state index is 10.5. The van der Waals surface area contributed by atoms with Gasteiger partial charge in [-0.25, -0.2) is 4.02 Å². The van der Waals surface area contributed by atoms with Crippen LogP contribution in [-0.4, -0.2) is 11.5 Å². The predicted molar refractivity (Wildman–Crippen MR) is 39.6 cm³/mol. The molecule has 0 aromatic carbocycles. The van der Waals surface area contributed by atoms with Crippen molar-refractivity contribution in [1.82, 2.24) is 0 Å². The first kappa shape index (κ1) is 6.42. The summed E-state index contributed by atoms with van der Waals surface area (Å²) in [5.74, 6) is 0.00917. The molecule has 0 aromatic heterocycles. The molecule has 0 N–H and O–H groups in total. The number of allylic oxidation sites excluding steroid dienone is 4. The van der Waals surface area contributed by atoms with Crippen molar-refractivity contribution in [3.8, 4) is 0 Å². The van der Waals surface area contributed by atoms with Gasteiger partial charge in [0.1, 0.15) is 0 Å². The van der Waals surface area contributed by atoms with Gasteiger partial charge in [0.05, 0.1) is 21.9 Å². The van der Waals surface area contributed by atoms with Crippen molar-refractivity contribution in [3.05, 3.63) is 24.3 Å². The second-order valence-electron chi connectivity index (χ2n) is 1.58. The van der Waals surface area contributed by atoms with E-state index in [-0.39, 0.29) is 5.78 Å². The number of hydrogen-bond donors (Lipinski definition) is 0. The molecule has 0 aliphatic heterocycles. The van der Waals surface area contributed by atoms with E-state index in [1.807, 2.05) is 0 Å². The van der Waals surface area contributed by atoms with E-state index in [2.05, 4.69) is 20.2 Å². The summed E-state index contributed by atoms with van der Waals surface area (Å²) >= 11 is 2.90. The Morgan fingerprint density at radius 2 is 1.78 bits per heavy atom. The van der Waals surface area contributed by atoms with E-state index in [0.717, 1.165) is 5.71 Å². The Kier molecular flexibility index (Phi) is 1.95. The maximum absolute atomic E-state index is 10.5. The van der Waals surface area contributed by atoms with E-state index in [9.17, 15) is 4.79 Å². The molecule has 1 aliphatic carbocycles. The SMILES string of the molecule is O=C1C=CC(=NBr)C=C1. The zero-order valence-electron chi connectivity index (χ0n) is 4.54. The molecular formula is C6H4BrNO. The van der Waals surface area contributed by atoms with Gasteiger partial charge in [-0.3, -0.25) is 4.79 Å². The number of ketones is 1. The Morgan fingerprint density at radius 3 is 2.22 bits per heavy atom. The van der Waals surface area contributed by atoms with Crippen LogP contribution in [0.2, 0.25) is 0 Å². The smallest absolute Gasteiger partial charge is 0.178 e. The molecule has 0 bridgehead atoms. The van der Waals surface area contributed by atoms with Crippen LogP contribution in [0.3, 0.4) is 0 Å². The minimum absolute atomic E-state index is 0.00917. The summed E-state index contributed by atoms with van der Waals surface area (Å²) in [4.78, 5) is 10.5. The molecule has 1 aliphatic rings. The molecule has 0 unspecified atom stereocenters. The Bertz CT molecular complexity index is 197. The van der Waals surface area contributed by atoms with Crippen LogP contribution in [0.4, 0.5) is 0 Å². The molecule has 0 radical (unpaired) electrons. The minimum atomic E-state index is 0.00917. The fraction of sp³-hybridized carbons (Fsp3) is 0. The average Bonchev–Trinajstić information content (AvgIpc) is 1.90. The van der Waals surface area contributed by atoms with Gasteiger partial charge < -0.3 is 0 Å². The van der Waals surface area contributed by atoms with Crippen molar-refractivity contribution in [3.63, 3.8) is 0 Å². The van der Waals surface area contributed by atoms with E-state index >= 15 is 0 Å². The number of hydrogen-bond acceptors (Lipinski definition) is 2. The number of rotatable bonds is 0. The second kappa shape index (κ2) is 2.73. The Labute approximate surface area is 61.3 Å². The first-order valence-corrected chi connectivity index (χ1v) is 3.13. The highest BCUT2D eigenvalue weighted by molar-refractivity contribution is 9.08. The van der Waals surface area contributed by atoms with Crippen molar-refractivity contribution < 1.29 is 4.79 Å². The minimum Gasteiger partial charge on any atom is -0.290 e. The van der Waals surface area contributed by atoms with Crippen molar-refractivity contribution in [1.29, 1.82) is 0 Å². The first-order valence-electron chi connectivity index (χ1n) is 2.42. The lowest BCUT2D eigenvalue weighted by atomic mass is 10.2. The Hall–Kier alpha value is -0.700. The molecule has 0 fully saturated rings. The molecule has 9 heavy (non-hydrogen) atoms. The predicted octanol–water partition coefficient (Wildman–Crippen LogP) is 1.43. The third-order valence-corrected chi connectivity index (χ3v) is 1.34. The summed E-state index contributed by atoms with van der Waals surface area (Å²) in [6.07, 6.45) is 6.24. The van der Waals surface area contributed by atoms with E-state index < -0.39 is 0 Å². The monoisotopic (exact) mass is 185 g/mol. The fourth-order valence-electron chi connectivity index (χ4n) is 0.502. The quantitative estimate of drug-likeness (QED) is 0.526. The van der Waals surface area contributed by atoms with Gasteiger partial charge in [0.15, 0.2) is 5.78 Å². The van der Waals surface area contributed by atoms with Gasteiger partial charge >= 0.3 is 0 Å². The summed E-state index contributed by atoms with van der Waals surface area (Å²) in [5, 5.41) is 0. The van der Waals surface area contributed by atoms with E-state index in [4.69, 9.17) is 0 Å². The zero-order chi connectivity index (χ0) is 6.69. The van der Waals surface area contributed by atoms with Crippen LogP contribution < -0.4 is 0 Å². The summed E-state index contributed by atoms with van der Waals surface area (Å²) in [7, 11) is 0. The number of halogens is 1. The van der Waals surface area contributed by atoms with Gasteiger partial charge in [-0.1, -0.05) is 0 Å². The Balaban J connectivity index is 2.82. The third-order valence-electron chi connectivity index (χ3n) is 0.934. The molecule has 46 valence electrons. The largest absolute Gasteiger partial charge is 0.290 e. The molecule has 0 saturated heterocycles. The molecule has 0 heterocycles.